The molecular weight excluding hydrogens is 312 g/mol. The van der Waals surface area contributed by atoms with Crippen LogP contribution in [0, 0.1) is 0 Å². The zero-order valence-electron chi connectivity index (χ0n) is 8.52. The van der Waals surface area contributed by atoms with Crippen molar-refractivity contribution in [2.45, 2.75) is 35.6 Å². The van der Waals surface area contributed by atoms with Gasteiger partial charge in [0, 0.05) is 16.6 Å². The first kappa shape index (κ1) is 12.5. The maximum atomic E-state index is 12.0. The molecule has 0 aromatic carbocycles. The van der Waals surface area contributed by atoms with Gasteiger partial charge in [-0.05, 0) is 40.2 Å². The standard InChI is InChI=1S/C9H13BrN2O2S2/c10-6-4-5-15-9(6)16(13,14)12-8-3-1-2-7(8)11/h4-5,7-8,12H,1-3,11H2. The molecule has 1 fully saturated rings. The van der Waals surface area contributed by atoms with Crippen LogP contribution < -0.4 is 10.5 Å². The lowest BCUT2D eigenvalue weighted by atomic mass is 10.2. The van der Waals surface area contributed by atoms with Crippen molar-refractivity contribution < 1.29 is 8.42 Å². The van der Waals surface area contributed by atoms with Gasteiger partial charge in [-0.15, -0.1) is 11.3 Å². The van der Waals surface area contributed by atoms with Crippen LogP contribution in [0.25, 0.3) is 0 Å². The number of hydrogen-bond acceptors (Lipinski definition) is 4. The molecule has 1 aliphatic rings. The van der Waals surface area contributed by atoms with Crippen molar-refractivity contribution in [1.82, 2.24) is 4.72 Å². The van der Waals surface area contributed by atoms with Crippen LogP contribution in [-0.4, -0.2) is 20.5 Å². The topological polar surface area (TPSA) is 72.2 Å². The summed E-state index contributed by atoms with van der Waals surface area (Å²) in [7, 11) is -3.42. The molecule has 2 rings (SSSR count). The fourth-order valence-electron chi connectivity index (χ4n) is 1.86. The fraction of sp³-hybridized carbons (Fsp3) is 0.556. The Morgan fingerprint density at radius 2 is 2.25 bits per heavy atom. The summed E-state index contributed by atoms with van der Waals surface area (Å²) >= 11 is 4.43. The van der Waals surface area contributed by atoms with Crippen molar-refractivity contribution in [2.24, 2.45) is 5.73 Å². The van der Waals surface area contributed by atoms with E-state index in [0.717, 1.165) is 19.3 Å². The second-order valence-electron chi connectivity index (χ2n) is 3.88. The highest BCUT2D eigenvalue weighted by molar-refractivity contribution is 9.10. The molecule has 0 radical (unpaired) electrons. The molecule has 1 saturated carbocycles. The summed E-state index contributed by atoms with van der Waals surface area (Å²) in [5.74, 6) is 0. The van der Waals surface area contributed by atoms with Crippen LogP contribution in [0.3, 0.4) is 0 Å². The first-order chi connectivity index (χ1) is 7.50. The van der Waals surface area contributed by atoms with E-state index in [9.17, 15) is 8.42 Å². The van der Waals surface area contributed by atoms with Crippen LogP contribution in [0.1, 0.15) is 19.3 Å². The molecule has 0 spiro atoms. The van der Waals surface area contributed by atoms with E-state index in [-0.39, 0.29) is 12.1 Å². The number of rotatable bonds is 3. The van der Waals surface area contributed by atoms with Crippen molar-refractivity contribution >= 4 is 37.3 Å². The van der Waals surface area contributed by atoms with Crippen molar-refractivity contribution in [3.8, 4) is 0 Å². The molecule has 0 amide bonds. The average Bonchev–Trinajstić information content (AvgIpc) is 2.76. The van der Waals surface area contributed by atoms with Crippen molar-refractivity contribution in [2.75, 3.05) is 0 Å². The van der Waals surface area contributed by atoms with Crippen LogP contribution in [0.5, 0.6) is 0 Å². The molecule has 90 valence electrons. The van der Waals surface area contributed by atoms with Gasteiger partial charge in [0.1, 0.15) is 4.21 Å². The van der Waals surface area contributed by atoms with E-state index in [4.69, 9.17) is 5.73 Å². The van der Waals surface area contributed by atoms with Gasteiger partial charge in [-0.1, -0.05) is 6.42 Å². The first-order valence-electron chi connectivity index (χ1n) is 5.01. The minimum atomic E-state index is -3.42. The molecule has 3 N–H and O–H groups in total. The minimum Gasteiger partial charge on any atom is -0.326 e. The van der Waals surface area contributed by atoms with Gasteiger partial charge in [-0.3, -0.25) is 0 Å². The van der Waals surface area contributed by atoms with Crippen molar-refractivity contribution in [3.63, 3.8) is 0 Å². The Balaban J connectivity index is 2.18. The molecule has 0 aliphatic heterocycles. The normalized spacial score (nSPS) is 26.1. The second kappa shape index (κ2) is 4.73. The van der Waals surface area contributed by atoms with Crippen LogP contribution in [0.15, 0.2) is 20.1 Å². The van der Waals surface area contributed by atoms with Crippen molar-refractivity contribution in [1.29, 1.82) is 0 Å². The molecule has 4 nitrogen and oxygen atoms in total. The maximum Gasteiger partial charge on any atom is 0.251 e. The zero-order valence-corrected chi connectivity index (χ0v) is 11.7. The quantitative estimate of drug-likeness (QED) is 0.888. The van der Waals surface area contributed by atoms with E-state index in [1.54, 1.807) is 11.4 Å². The Hall–Kier alpha value is 0.0500. The maximum absolute atomic E-state index is 12.0. The summed E-state index contributed by atoms with van der Waals surface area (Å²) in [4.78, 5) is 0. The third-order valence-electron chi connectivity index (χ3n) is 2.70. The van der Waals surface area contributed by atoms with Crippen LogP contribution in [0.2, 0.25) is 0 Å². The van der Waals surface area contributed by atoms with Gasteiger partial charge in [0.15, 0.2) is 0 Å². The molecule has 7 heteroatoms. The SMILES string of the molecule is NC1CCCC1NS(=O)(=O)c1sccc1Br. The smallest absolute Gasteiger partial charge is 0.251 e. The number of thiophene rings is 1. The molecule has 1 aromatic heterocycles. The summed E-state index contributed by atoms with van der Waals surface area (Å²) in [6.07, 6.45) is 2.70. The molecule has 0 saturated heterocycles. The molecule has 1 heterocycles. The molecule has 1 aliphatic carbocycles. The van der Waals surface area contributed by atoms with Crippen LogP contribution >= 0.6 is 27.3 Å². The third kappa shape index (κ3) is 2.48. The summed E-state index contributed by atoms with van der Waals surface area (Å²) < 4.78 is 27.7. The lowest BCUT2D eigenvalue weighted by Gasteiger charge is -2.16. The summed E-state index contributed by atoms with van der Waals surface area (Å²) in [5.41, 5.74) is 5.84. The molecule has 2 unspecified atom stereocenters. The Kier molecular flexibility index (Phi) is 3.70. The Morgan fingerprint density at radius 1 is 1.50 bits per heavy atom. The Labute approximate surface area is 107 Å². The highest BCUT2D eigenvalue weighted by Gasteiger charge is 2.30. The van der Waals surface area contributed by atoms with Crippen molar-refractivity contribution in [3.05, 3.63) is 15.9 Å². The van der Waals surface area contributed by atoms with Gasteiger partial charge in [0.25, 0.3) is 10.0 Å². The van der Waals surface area contributed by atoms with Gasteiger partial charge in [0.05, 0.1) is 0 Å². The summed E-state index contributed by atoms with van der Waals surface area (Å²) in [5, 5.41) is 1.74. The highest BCUT2D eigenvalue weighted by atomic mass is 79.9. The van der Waals surface area contributed by atoms with E-state index in [0.29, 0.717) is 8.68 Å². The zero-order chi connectivity index (χ0) is 11.8. The van der Waals surface area contributed by atoms with E-state index in [1.165, 1.54) is 11.3 Å². The Morgan fingerprint density at radius 3 is 2.75 bits per heavy atom. The molecule has 0 bridgehead atoms. The van der Waals surface area contributed by atoms with Gasteiger partial charge in [-0.25, -0.2) is 13.1 Å². The monoisotopic (exact) mass is 324 g/mol. The average molecular weight is 325 g/mol. The fourth-order valence-corrected chi connectivity index (χ4v) is 5.54. The van der Waals surface area contributed by atoms with E-state index >= 15 is 0 Å². The largest absolute Gasteiger partial charge is 0.326 e. The lowest BCUT2D eigenvalue weighted by molar-refractivity contribution is 0.523. The molecule has 2 atom stereocenters. The predicted octanol–water partition coefficient (Wildman–Crippen LogP) is 1.67. The number of halogens is 1. The van der Waals surface area contributed by atoms with Gasteiger partial charge < -0.3 is 5.73 Å². The first-order valence-corrected chi connectivity index (χ1v) is 8.17. The van der Waals surface area contributed by atoms with Crippen LogP contribution in [0.4, 0.5) is 0 Å². The molecule has 16 heavy (non-hydrogen) atoms. The Bertz CT molecular complexity index is 472. The predicted molar refractivity (Wildman–Crippen MR) is 68.0 cm³/mol. The second-order valence-corrected chi connectivity index (χ2v) is 7.56. The van der Waals surface area contributed by atoms with Gasteiger partial charge in [-0.2, -0.15) is 0 Å². The number of sulfonamides is 1. The van der Waals surface area contributed by atoms with E-state index < -0.39 is 10.0 Å². The van der Waals surface area contributed by atoms with Crippen LogP contribution in [-0.2, 0) is 10.0 Å². The summed E-state index contributed by atoms with van der Waals surface area (Å²) in [6, 6.07) is 1.54. The highest BCUT2D eigenvalue weighted by Crippen LogP contribution is 2.28. The number of nitrogens with two attached hydrogens (primary N) is 1. The van der Waals surface area contributed by atoms with E-state index in [1.807, 2.05) is 0 Å². The number of nitrogens with one attached hydrogen (secondary N) is 1. The molecule has 1 aromatic rings. The minimum absolute atomic E-state index is 0.0616. The third-order valence-corrected chi connectivity index (χ3v) is 6.86. The lowest BCUT2D eigenvalue weighted by Crippen LogP contribution is -2.43. The van der Waals surface area contributed by atoms with E-state index in [2.05, 4.69) is 20.7 Å². The molecular formula is C9H13BrN2O2S2. The van der Waals surface area contributed by atoms with Gasteiger partial charge in [0.2, 0.25) is 0 Å². The number of hydrogen-bond donors (Lipinski definition) is 2. The van der Waals surface area contributed by atoms with Gasteiger partial charge >= 0.3 is 0 Å². The summed E-state index contributed by atoms with van der Waals surface area (Å²) in [6.45, 7) is 0.